The van der Waals surface area contributed by atoms with Crippen LogP contribution in [-0.2, 0) is 27.4 Å². The zero-order valence-corrected chi connectivity index (χ0v) is 20.8. The number of nitro benzene ring substituents is 1. The zero-order chi connectivity index (χ0) is 26.8. The maximum absolute atomic E-state index is 12.7. The van der Waals surface area contributed by atoms with Gasteiger partial charge >= 0.3 is 6.09 Å². The SMILES string of the molecule is O=C(OCc1ccccc1[N+](=O)[O-])N1C[C@@H](OCc2ccc(-n3cc(-c4ccccc4)nn3)cc2)[C@@H]2O[C@@H]2C1. The van der Waals surface area contributed by atoms with E-state index in [1.807, 2.05) is 60.8 Å². The topological polar surface area (TPSA) is 125 Å². The fraction of sp³-hybridized carbons (Fsp3) is 0.250. The molecule has 3 heterocycles. The molecule has 11 nitrogen and oxygen atoms in total. The summed E-state index contributed by atoms with van der Waals surface area (Å²) in [4.78, 5) is 25.0. The van der Waals surface area contributed by atoms with Gasteiger partial charge in [-0.05, 0) is 23.8 Å². The highest BCUT2D eigenvalue weighted by atomic mass is 16.6. The van der Waals surface area contributed by atoms with Crippen molar-refractivity contribution in [2.45, 2.75) is 31.5 Å². The van der Waals surface area contributed by atoms with E-state index in [4.69, 9.17) is 14.2 Å². The van der Waals surface area contributed by atoms with E-state index in [0.717, 1.165) is 22.5 Å². The fourth-order valence-electron chi connectivity index (χ4n) is 4.66. The zero-order valence-electron chi connectivity index (χ0n) is 20.8. The van der Waals surface area contributed by atoms with E-state index >= 15 is 0 Å². The quantitative estimate of drug-likeness (QED) is 0.190. The molecule has 0 aliphatic carbocycles. The maximum atomic E-state index is 12.7. The lowest BCUT2D eigenvalue weighted by molar-refractivity contribution is -0.385. The van der Waals surface area contributed by atoms with E-state index < -0.39 is 11.0 Å². The van der Waals surface area contributed by atoms with E-state index in [0.29, 0.717) is 25.3 Å². The normalized spacial score (nSPS) is 19.8. The molecule has 39 heavy (non-hydrogen) atoms. The smallest absolute Gasteiger partial charge is 0.410 e. The minimum absolute atomic E-state index is 0.0601. The van der Waals surface area contributed by atoms with Crippen LogP contribution in [0.2, 0.25) is 0 Å². The van der Waals surface area contributed by atoms with Gasteiger partial charge in [-0.15, -0.1) is 5.10 Å². The highest BCUT2D eigenvalue weighted by molar-refractivity contribution is 5.68. The Morgan fingerprint density at radius 2 is 1.77 bits per heavy atom. The van der Waals surface area contributed by atoms with E-state index in [1.165, 1.54) is 11.0 Å². The standard InChI is InChI=1S/C28H25N5O6/c34-28(38-18-21-8-4-5-9-24(21)33(35)36)31-15-25(27-26(16-31)39-27)37-17-19-10-12-22(13-11-19)32-14-23(29-30-32)20-6-2-1-3-7-20/h1-14,25-27H,15-18H2/t25-,26-,27+/m1/s1. The molecule has 3 atom stereocenters. The number of amides is 1. The lowest BCUT2D eigenvalue weighted by Gasteiger charge is -2.29. The summed E-state index contributed by atoms with van der Waals surface area (Å²) in [6.45, 7) is 0.884. The summed E-state index contributed by atoms with van der Waals surface area (Å²) in [7, 11) is 0. The van der Waals surface area contributed by atoms with Crippen LogP contribution in [0.1, 0.15) is 11.1 Å². The van der Waals surface area contributed by atoms with E-state index in [9.17, 15) is 14.9 Å². The molecule has 0 radical (unpaired) electrons. The molecule has 0 bridgehead atoms. The molecule has 2 saturated heterocycles. The van der Waals surface area contributed by atoms with Crippen LogP contribution in [0, 0.1) is 10.1 Å². The molecular formula is C28H25N5O6. The van der Waals surface area contributed by atoms with Gasteiger partial charge in [0.25, 0.3) is 5.69 Å². The van der Waals surface area contributed by atoms with Gasteiger partial charge in [0.05, 0.1) is 42.1 Å². The molecule has 0 spiro atoms. The molecule has 0 N–H and O–H groups in total. The number of para-hydroxylation sites is 1. The first-order valence-corrected chi connectivity index (χ1v) is 12.5. The first-order valence-electron chi connectivity index (χ1n) is 12.5. The summed E-state index contributed by atoms with van der Waals surface area (Å²) in [5.41, 5.74) is 3.90. The van der Waals surface area contributed by atoms with Crippen molar-refractivity contribution in [1.82, 2.24) is 19.9 Å². The highest BCUT2D eigenvalue weighted by Crippen LogP contribution is 2.34. The van der Waals surface area contributed by atoms with Crippen LogP contribution in [0.3, 0.4) is 0 Å². The number of carbonyl (C=O) groups excluding carboxylic acids is 1. The van der Waals surface area contributed by atoms with Crippen LogP contribution in [0.25, 0.3) is 16.9 Å². The lowest BCUT2D eigenvalue weighted by atomic mass is 10.1. The van der Waals surface area contributed by atoms with E-state index in [-0.39, 0.29) is 30.6 Å². The Labute approximate surface area is 223 Å². The average Bonchev–Trinajstić information content (AvgIpc) is 3.60. The number of epoxide rings is 1. The van der Waals surface area contributed by atoms with Crippen LogP contribution >= 0.6 is 0 Å². The number of rotatable bonds is 8. The maximum Gasteiger partial charge on any atom is 0.410 e. The number of piperidine rings is 1. The van der Waals surface area contributed by atoms with Gasteiger partial charge in [0.2, 0.25) is 0 Å². The first kappa shape index (κ1) is 24.7. The summed E-state index contributed by atoms with van der Waals surface area (Å²) in [6.07, 6.45) is 0.872. The Bertz CT molecular complexity index is 1480. The lowest BCUT2D eigenvalue weighted by Crippen LogP contribution is -2.47. The molecule has 11 heteroatoms. The van der Waals surface area contributed by atoms with Crippen molar-refractivity contribution in [1.29, 1.82) is 0 Å². The van der Waals surface area contributed by atoms with Crippen molar-refractivity contribution in [2.75, 3.05) is 13.1 Å². The number of hydrogen-bond acceptors (Lipinski definition) is 8. The molecule has 2 aliphatic rings. The van der Waals surface area contributed by atoms with Crippen molar-refractivity contribution in [2.24, 2.45) is 0 Å². The van der Waals surface area contributed by atoms with E-state index in [2.05, 4.69) is 10.3 Å². The molecule has 1 aromatic heterocycles. The summed E-state index contributed by atoms with van der Waals surface area (Å²) in [5.74, 6) is 0. The Hall–Kier alpha value is -4.61. The Morgan fingerprint density at radius 3 is 2.56 bits per heavy atom. The Balaban J connectivity index is 1.03. The number of likely N-dealkylation sites (tertiary alicyclic amines) is 1. The van der Waals surface area contributed by atoms with Crippen molar-refractivity contribution in [3.63, 3.8) is 0 Å². The largest absolute Gasteiger partial charge is 0.444 e. The van der Waals surface area contributed by atoms with Gasteiger partial charge < -0.3 is 19.1 Å². The minimum Gasteiger partial charge on any atom is -0.444 e. The highest BCUT2D eigenvalue weighted by Gasteiger charge is 2.52. The third kappa shape index (κ3) is 5.49. The fourth-order valence-corrected chi connectivity index (χ4v) is 4.66. The molecule has 2 aliphatic heterocycles. The van der Waals surface area contributed by atoms with Crippen LogP contribution < -0.4 is 0 Å². The van der Waals surface area contributed by atoms with Crippen molar-refractivity contribution in [3.05, 3.63) is 106 Å². The van der Waals surface area contributed by atoms with Crippen molar-refractivity contribution < 1.29 is 23.9 Å². The summed E-state index contributed by atoms with van der Waals surface area (Å²) in [6, 6.07) is 23.9. The van der Waals surface area contributed by atoms with Crippen LogP contribution in [0.4, 0.5) is 10.5 Å². The number of aromatic nitrogens is 3. The third-order valence-corrected chi connectivity index (χ3v) is 6.81. The number of hydrogen-bond donors (Lipinski definition) is 0. The Morgan fingerprint density at radius 1 is 1.00 bits per heavy atom. The molecule has 1 amide bonds. The molecule has 0 unspecified atom stereocenters. The van der Waals surface area contributed by atoms with Crippen molar-refractivity contribution in [3.8, 4) is 16.9 Å². The summed E-state index contributed by atoms with van der Waals surface area (Å²) >= 11 is 0. The predicted octanol–water partition coefficient (Wildman–Crippen LogP) is 4.15. The monoisotopic (exact) mass is 527 g/mol. The molecule has 3 aromatic carbocycles. The Kier molecular flexibility index (Phi) is 6.74. The number of fused-ring (bicyclic) bond motifs is 1. The number of nitro groups is 1. The minimum atomic E-state index is -0.553. The molecular weight excluding hydrogens is 502 g/mol. The van der Waals surface area contributed by atoms with Gasteiger partial charge in [-0.3, -0.25) is 10.1 Å². The average molecular weight is 528 g/mol. The molecule has 2 fully saturated rings. The molecule has 4 aromatic rings. The second-order valence-corrected chi connectivity index (χ2v) is 9.41. The van der Waals surface area contributed by atoms with E-state index in [1.54, 1.807) is 22.9 Å². The van der Waals surface area contributed by atoms with Crippen LogP contribution in [-0.4, -0.2) is 62.3 Å². The van der Waals surface area contributed by atoms with Gasteiger partial charge in [-0.25, -0.2) is 9.48 Å². The third-order valence-electron chi connectivity index (χ3n) is 6.81. The van der Waals surface area contributed by atoms with Gasteiger partial charge in [0.15, 0.2) is 0 Å². The van der Waals surface area contributed by atoms with Crippen molar-refractivity contribution >= 4 is 11.8 Å². The number of benzene rings is 3. The second kappa shape index (κ2) is 10.6. The number of carbonyl (C=O) groups is 1. The van der Waals surface area contributed by atoms with Gasteiger partial charge in [-0.2, -0.15) is 0 Å². The van der Waals surface area contributed by atoms with Crippen LogP contribution in [0.5, 0.6) is 0 Å². The van der Waals surface area contributed by atoms with Crippen LogP contribution in [0.15, 0.2) is 85.1 Å². The predicted molar refractivity (Wildman–Crippen MR) is 139 cm³/mol. The number of ether oxygens (including phenoxy) is 3. The van der Waals surface area contributed by atoms with Gasteiger partial charge in [0.1, 0.15) is 30.6 Å². The molecule has 0 saturated carbocycles. The number of nitrogens with zero attached hydrogens (tertiary/aromatic N) is 5. The second-order valence-electron chi connectivity index (χ2n) is 9.41. The summed E-state index contributed by atoms with van der Waals surface area (Å²) in [5, 5.41) is 19.7. The molecule has 6 rings (SSSR count). The summed E-state index contributed by atoms with van der Waals surface area (Å²) < 4.78 is 18.9. The van der Waals surface area contributed by atoms with Gasteiger partial charge in [0, 0.05) is 11.6 Å². The van der Waals surface area contributed by atoms with Gasteiger partial charge in [-0.1, -0.05) is 59.8 Å². The first-order chi connectivity index (χ1) is 19.0. The molecule has 198 valence electrons.